The number of piperazine rings is 1. The molecule has 1 amide bonds. The highest BCUT2D eigenvalue weighted by molar-refractivity contribution is 7.91. The fraction of sp³-hybridized carbons (Fsp3) is 0.321. The first-order valence-electron chi connectivity index (χ1n) is 13.7. The quantitative estimate of drug-likeness (QED) is 0.247. The number of aromatic nitrogens is 5. The number of pyridine rings is 1. The minimum absolute atomic E-state index is 0.0756. The topological polar surface area (TPSA) is 152 Å². The van der Waals surface area contributed by atoms with Gasteiger partial charge in [-0.15, -0.1) is 11.3 Å². The Bertz CT molecular complexity index is 1890. The zero-order chi connectivity index (χ0) is 30.3. The van der Waals surface area contributed by atoms with Crippen LogP contribution in [0.5, 0.6) is 0 Å². The first-order valence-corrected chi connectivity index (χ1v) is 16.8. The van der Waals surface area contributed by atoms with Crippen molar-refractivity contribution in [2.45, 2.75) is 31.0 Å². The molecule has 0 bridgehead atoms. The van der Waals surface area contributed by atoms with Gasteiger partial charge in [-0.25, -0.2) is 23.4 Å². The number of nitrogens with one attached hydrogen (secondary N) is 1. The van der Waals surface area contributed by atoms with E-state index >= 15 is 0 Å². The molecule has 1 fully saturated rings. The van der Waals surface area contributed by atoms with Crippen LogP contribution in [0.15, 0.2) is 52.7 Å². The molecule has 1 aliphatic rings. The monoisotopic (exact) mass is 637 g/mol. The van der Waals surface area contributed by atoms with E-state index in [1.807, 2.05) is 25.3 Å². The lowest BCUT2D eigenvalue weighted by molar-refractivity contribution is 0.100. The molecule has 0 unspecified atom stereocenters. The second-order valence-corrected chi connectivity index (χ2v) is 14.5. The maximum atomic E-state index is 13.6. The van der Waals surface area contributed by atoms with Crippen LogP contribution in [0.3, 0.4) is 0 Å². The van der Waals surface area contributed by atoms with Crippen LogP contribution in [0.25, 0.3) is 26.5 Å². The number of sulfonamides is 1. The van der Waals surface area contributed by atoms with E-state index in [1.54, 1.807) is 47.6 Å². The van der Waals surface area contributed by atoms with Gasteiger partial charge in [-0.05, 0) is 32.9 Å². The van der Waals surface area contributed by atoms with Gasteiger partial charge in [-0.3, -0.25) is 19.2 Å². The van der Waals surface area contributed by atoms with Gasteiger partial charge >= 0.3 is 0 Å². The lowest BCUT2D eigenvalue weighted by Crippen LogP contribution is -2.50. The molecule has 6 heterocycles. The van der Waals surface area contributed by atoms with E-state index in [0.29, 0.717) is 42.6 Å². The number of fused-ring (bicyclic) bond motifs is 1. The molecular weight excluding hydrogens is 607 g/mol. The number of thiophene rings is 1. The summed E-state index contributed by atoms with van der Waals surface area (Å²) in [6.07, 6.45) is 6.75. The van der Waals surface area contributed by atoms with E-state index in [2.05, 4.69) is 42.5 Å². The standard InChI is InChI=1S/C28H31N9O3S3/c1-17(33-26-24-23(31-16-32-26)22(15-41-24)20-5-4-6-30-12-20)13-35-7-9-36(10-8-35)43(39,40)27-19(3)34-28(42-27)37-14-21(25(29)38)11-18(37)2/h4-6,11-12,14-17H,7-10,13H2,1-3H3,(H2,29,38)(H,31,32,33)/t17-/m0/s1. The predicted molar refractivity (Wildman–Crippen MR) is 168 cm³/mol. The smallest absolute Gasteiger partial charge is 0.254 e. The van der Waals surface area contributed by atoms with Gasteiger partial charge in [0.05, 0.1) is 21.5 Å². The van der Waals surface area contributed by atoms with Crippen molar-refractivity contribution in [2.75, 3.05) is 38.0 Å². The van der Waals surface area contributed by atoms with E-state index in [1.165, 1.54) is 4.31 Å². The van der Waals surface area contributed by atoms with E-state index in [4.69, 9.17) is 5.73 Å². The zero-order valence-corrected chi connectivity index (χ0v) is 26.3. The van der Waals surface area contributed by atoms with Crippen LogP contribution in [-0.2, 0) is 10.0 Å². The van der Waals surface area contributed by atoms with Crippen molar-refractivity contribution in [3.63, 3.8) is 0 Å². The van der Waals surface area contributed by atoms with Crippen LogP contribution < -0.4 is 11.1 Å². The summed E-state index contributed by atoms with van der Waals surface area (Å²) in [6.45, 7) is 8.33. The third kappa shape index (κ3) is 5.78. The lowest BCUT2D eigenvalue weighted by atomic mass is 10.1. The molecule has 0 aliphatic carbocycles. The number of carbonyl (C=O) groups excluding carboxylic acids is 1. The summed E-state index contributed by atoms with van der Waals surface area (Å²) in [5, 5.41) is 6.10. The summed E-state index contributed by atoms with van der Waals surface area (Å²) in [5.74, 6) is 0.244. The Morgan fingerprint density at radius 1 is 1.19 bits per heavy atom. The van der Waals surface area contributed by atoms with E-state index < -0.39 is 15.9 Å². The van der Waals surface area contributed by atoms with Crippen molar-refractivity contribution < 1.29 is 13.2 Å². The number of aryl methyl sites for hydroxylation is 2. The number of hydrogen-bond donors (Lipinski definition) is 2. The molecule has 6 rings (SSSR count). The lowest BCUT2D eigenvalue weighted by Gasteiger charge is -2.35. The molecule has 224 valence electrons. The highest BCUT2D eigenvalue weighted by Gasteiger charge is 2.33. The number of nitrogens with zero attached hydrogens (tertiary/aromatic N) is 7. The maximum absolute atomic E-state index is 13.6. The molecule has 1 atom stereocenters. The van der Waals surface area contributed by atoms with Crippen LogP contribution in [0.4, 0.5) is 5.82 Å². The summed E-state index contributed by atoms with van der Waals surface area (Å²) in [4.78, 5) is 31.6. The average Bonchev–Trinajstić information content (AvgIpc) is 3.71. The van der Waals surface area contributed by atoms with Crippen molar-refractivity contribution in [3.05, 3.63) is 65.4 Å². The van der Waals surface area contributed by atoms with Gasteiger partial charge in [0.2, 0.25) is 5.91 Å². The minimum atomic E-state index is -3.73. The third-order valence-corrected chi connectivity index (χ3v) is 12.0. The minimum Gasteiger partial charge on any atom is -0.366 e. The third-order valence-electron chi connectivity index (χ3n) is 7.39. The molecule has 12 nitrogen and oxygen atoms in total. The van der Waals surface area contributed by atoms with Crippen molar-refractivity contribution in [1.29, 1.82) is 0 Å². The zero-order valence-electron chi connectivity index (χ0n) is 23.9. The van der Waals surface area contributed by atoms with Gasteiger partial charge in [0.1, 0.15) is 12.1 Å². The normalized spacial score (nSPS) is 15.6. The van der Waals surface area contributed by atoms with Gasteiger partial charge in [-0.2, -0.15) is 4.31 Å². The van der Waals surface area contributed by atoms with Crippen molar-refractivity contribution >= 4 is 54.6 Å². The average molecular weight is 638 g/mol. The van der Waals surface area contributed by atoms with Crippen LogP contribution in [0.1, 0.15) is 28.7 Å². The van der Waals surface area contributed by atoms with Gasteiger partial charge in [-0.1, -0.05) is 17.4 Å². The Kier molecular flexibility index (Phi) is 8.00. The van der Waals surface area contributed by atoms with Crippen molar-refractivity contribution in [2.24, 2.45) is 5.73 Å². The predicted octanol–water partition coefficient (Wildman–Crippen LogP) is 3.52. The summed E-state index contributed by atoms with van der Waals surface area (Å²) in [7, 11) is -3.73. The SMILES string of the molecule is Cc1nc(-n2cc(C(N)=O)cc2C)sc1S(=O)(=O)N1CCN(C[C@H](C)Nc2ncnc3c(-c4cccnc4)csc23)CC1. The number of hydrogen-bond acceptors (Lipinski definition) is 11. The molecule has 3 N–H and O–H groups in total. The van der Waals surface area contributed by atoms with Crippen LogP contribution in [0, 0.1) is 13.8 Å². The number of nitrogens with two attached hydrogens (primary N) is 1. The number of thiazole rings is 1. The Balaban J connectivity index is 1.09. The number of primary amides is 1. The van der Waals surface area contributed by atoms with E-state index in [0.717, 1.165) is 50.7 Å². The number of amides is 1. The highest BCUT2D eigenvalue weighted by atomic mass is 32.2. The molecular formula is C28H31N9O3S3. The first kappa shape index (κ1) is 29.3. The molecule has 5 aromatic heterocycles. The Morgan fingerprint density at radius 2 is 1.98 bits per heavy atom. The highest BCUT2D eigenvalue weighted by Crippen LogP contribution is 2.35. The molecule has 0 aromatic carbocycles. The van der Waals surface area contributed by atoms with Crippen molar-refractivity contribution in [1.82, 2.24) is 33.7 Å². The summed E-state index contributed by atoms with van der Waals surface area (Å²) >= 11 is 2.70. The second-order valence-electron chi connectivity index (χ2n) is 10.5. The summed E-state index contributed by atoms with van der Waals surface area (Å²) < 4.78 is 31.7. The Morgan fingerprint density at radius 3 is 2.67 bits per heavy atom. The van der Waals surface area contributed by atoms with Crippen LogP contribution >= 0.6 is 22.7 Å². The fourth-order valence-electron chi connectivity index (χ4n) is 5.24. The van der Waals surface area contributed by atoms with Crippen LogP contribution in [-0.4, -0.2) is 86.8 Å². The molecule has 0 saturated carbocycles. The fourth-order valence-corrected chi connectivity index (χ4v) is 9.32. The number of rotatable bonds is 9. The van der Waals surface area contributed by atoms with Gasteiger partial charge in [0.15, 0.2) is 9.34 Å². The van der Waals surface area contributed by atoms with E-state index in [-0.39, 0.29) is 10.3 Å². The van der Waals surface area contributed by atoms with Crippen LogP contribution in [0.2, 0.25) is 0 Å². The Hall–Kier alpha value is -3.76. The molecule has 1 saturated heterocycles. The summed E-state index contributed by atoms with van der Waals surface area (Å²) in [5.41, 5.74) is 9.89. The number of carbonyl (C=O) groups is 1. The Labute approximate surface area is 257 Å². The molecule has 0 spiro atoms. The second kappa shape index (κ2) is 11.7. The maximum Gasteiger partial charge on any atom is 0.254 e. The molecule has 5 aromatic rings. The van der Waals surface area contributed by atoms with Gasteiger partial charge in [0.25, 0.3) is 10.0 Å². The van der Waals surface area contributed by atoms with Gasteiger partial charge < -0.3 is 11.1 Å². The van der Waals surface area contributed by atoms with Crippen molar-refractivity contribution in [3.8, 4) is 16.3 Å². The molecule has 0 radical (unpaired) electrons. The molecule has 15 heteroatoms. The summed E-state index contributed by atoms with van der Waals surface area (Å²) in [6, 6.07) is 5.67. The first-order chi connectivity index (χ1) is 20.6. The molecule has 43 heavy (non-hydrogen) atoms. The van der Waals surface area contributed by atoms with E-state index in [9.17, 15) is 13.2 Å². The van der Waals surface area contributed by atoms with Gasteiger partial charge in [0, 0.05) is 79.6 Å². The largest absolute Gasteiger partial charge is 0.366 e. The molecule has 1 aliphatic heterocycles. The number of anilines is 1.